The summed E-state index contributed by atoms with van der Waals surface area (Å²) >= 11 is 1.40. The quantitative estimate of drug-likeness (QED) is 0.513. The third-order valence-corrected chi connectivity index (χ3v) is 3.85. The molecule has 0 bridgehead atoms. The number of hydrogen-bond donors (Lipinski definition) is 2. The molecule has 0 saturated heterocycles. The van der Waals surface area contributed by atoms with Crippen molar-refractivity contribution in [3.05, 3.63) is 43.9 Å². The highest BCUT2D eigenvalue weighted by Crippen LogP contribution is 2.34. The summed E-state index contributed by atoms with van der Waals surface area (Å²) in [6.07, 6.45) is 1.34. The topological polar surface area (TPSA) is 101 Å². The van der Waals surface area contributed by atoms with Gasteiger partial charge in [-0.25, -0.2) is 4.98 Å². The minimum atomic E-state index is -0.591. The maximum absolute atomic E-state index is 11.0. The summed E-state index contributed by atoms with van der Waals surface area (Å²) in [5.41, 5.74) is 4.75. The number of thiazole rings is 1. The molecule has 2 rings (SSSR count). The van der Waals surface area contributed by atoms with Crippen LogP contribution >= 0.6 is 11.3 Å². The number of benzene rings is 1. The summed E-state index contributed by atoms with van der Waals surface area (Å²) in [7, 11) is 0. The molecule has 1 aromatic carbocycles. The molecule has 21 heavy (non-hydrogen) atoms. The molecular weight excluding hydrogens is 292 g/mol. The summed E-state index contributed by atoms with van der Waals surface area (Å²) in [5, 5.41) is 27.4. The molecule has 0 amide bonds. The minimum absolute atomic E-state index is 0.283. The number of nitro benzene ring substituents is 1. The predicted octanol–water partition coefficient (Wildman–Crippen LogP) is 3.13. The molecule has 1 heterocycles. The van der Waals surface area contributed by atoms with E-state index in [4.69, 9.17) is 0 Å². The zero-order valence-electron chi connectivity index (χ0n) is 11.7. The maximum Gasteiger partial charge on any atom is 0.314 e. The van der Waals surface area contributed by atoms with Gasteiger partial charge in [-0.15, -0.1) is 11.3 Å². The van der Waals surface area contributed by atoms with Crippen LogP contribution in [0.1, 0.15) is 22.4 Å². The Morgan fingerprint density at radius 3 is 2.76 bits per heavy atom. The zero-order valence-corrected chi connectivity index (χ0v) is 12.6. The number of nitro groups is 1. The normalized spacial score (nSPS) is 11.0. The van der Waals surface area contributed by atoms with Crippen LogP contribution in [0.15, 0.2) is 16.5 Å². The third-order valence-electron chi connectivity index (χ3n) is 2.98. The van der Waals surface area contributed by atoms with Crippen molar-refractivity contribution < 1.29 is 10.0 Å². The standard InChI is InChI=1S/C13H14N4O3S/c1-7-4-10(12(18)11(9(7)3)17(19)20)5-14-16-13-15-8(2)6-21-13/h4-6,18H,1-3H3,(H,15,16). The van der Waals surface area contributed by atoms with Crippen LogP contribution in [0.2, 0.25) is 0 Å². The molecule has 8 heteroatoms. The third kappa shape index (κ3) is 3.16. The summed E-state index contributed by atoms with van der Waals surface area (Å²) < 4.78 is 0. The molecule has 0 aliphatic heterocycles. The number of aromatic nitrogens is 1. The van der Waals surface area contributed by atoms with Crippen LogP contribution in [0.4, 0.5) is 10.8 Å². The highest BCUT2D eigenvalue weighted by molar-refractivity contribution is 7.13. The van der Waals surface area contributed by atoms with Gasteiger partial charge in [0.25, 0.3) is 0 Å². The van der Waals surface area contributed by atoms with Crippen LogP contribution in [-0.4, -0.2) is 21.2 Å². The Morgan fingerprint density at radius 2 is 2.19 bits per heavy atom. The fraction of sp³-hybridized carbons (Fsp3) is 0.231. The van der Waals surface area contributed by atoms with Gasteiger partial charge in [-0.2, -0.15) is 5.10 Å². The van der Waals surface area contributed by atoms with Crippen molar-refractivity contribution >= 4 is 28.4 Å². The lowest BCUT2D eigenvalue weighted by atomic mass is 10.0. The zero-order chi connectivity index (χ0) is 15.6. The van der Waals surface area contributed by atoms with Gasteiger partial charge < -0.3 is 5.11 Å². The first kappa shape index (κ1) is 14.9. The van der Waals surface area contributed by atoms with Crippen molar-refractivity contribution in [3.63, 3.8) is 0 Å². The Bertz CT molecular complexity index is 724. The Balaban J connectivity index is 2.30. The predicted molar refractivity (Wildman–Crippen MR) is 82.3 cm³/mol. The van der Waals surface area contributed by atoms with Gasteiger partial charge >= 0.3 is 5.69 Å². The summed E-state index contributed by atoms with van der Waals surface area (Å²) in [4.78, 5) is 14.6. The van der Waals surface area contributed by atoms with Crippen LogP contribution in [0.5, 0.6) is 5.75 Å². The van der Waals surface area contributed by atoms with E-state index in [1.807, 2.05) is 12.3 Å². The first-order valence-corrected chi connectivity index (χ1v) is 6.97. The first-order valence-electron chi connectivity index (χ1n) is 6.09. The largest absolute Gasteiger partial charge is 0.502 e. The Labute approximate surface area is 125 Å². The molecule has 0 radical (unpaired) electrons. The highest BCUT2D eigenvalue weighted by atomic mass is 32.1. The van der Waals surface area contributed by atoms with Crippen LogP contribution in [0.3, 0.4) is 0 Å². The first-order chi connectivity index (χ1) is 9.90. The fourth-order valence-electron chi connectivity index (χ4n) is 1.80. The maximum atomic E-state index is 11.0. The van der Waals surface area contributed by atoms with E-state index in [9.17, 15) is 15.2 Å². The van der Waals surface area contributed by atoms with Crippen molar-refractivity contribution in [1.29, 1.82) is 0 Å². The summed E-state index contributed by atoms with van der Waals surface area (Å²) in [5.74, 6) is -0.385. The second kappa shape index (κ2) is 5.88. The molecular formula is C13H14N4O3S. The molecule has 0 saturated carbocycles. The van der Waals surface area contributed by atoms with Crippen molar-refractivity contribution in [2.24, 2.45) is 5.10 Å². The number of nitrogens with one attached hydrogen (secondary N) is 1. The van der Waals surface area contributed by atoms with Gasteiger partial charge in [-0.3, -0.25) is 15.5 Å². The monoisotopic (exact) mass is 306 g/mol. The number of phenols is 1. The average Bonchev–Trinajstić information content (AvgIpc) is 2.81. The second-order valence-electron chi connectivity index (χ2n) is 4.53. The minimum Gasteiger partial charge on any atom is -0.502 e. The van der Waals surface area contributed by atoms with Crippen LogP contribution in [-0.2, 0) is 0 Å². The van der Waals surface area contributed by atoms with Crippen molar-refractivity contribution in [1.82, 2.24) is 4.98 Å². The van der Waals surface area contributed by atoms with Gasteiger partial charge in [0.2, 0.25) is 10.9 Å². The summed E-state index contributed by atoms with van der Waals surface area (Å²) in [6.45, 7) is 5.21. The molecule has 0 atom stereocenters. The molecule has 2 aromatic rings. The number of anilines is 1. The number of rotatable bonds is 4. The van der Waals surface area contributed by atoms with E-state index in [2.05, 4.69) is 15.5 Å². The van der Waals surface area contributed by atoms with Crippen molar-refractivity contribution in [3.8, 4) is 5.75 Å². The van der Waals surface area contributed by atoms with Gasteiger partial charge in [0.1, 0.15) is 0 Å². The Hall–Kier alpha value is -2.48. The Morgan fingerprint density at radius 1 is 1.48 bits per heavy atom. The van der Waals surface area contributed by atoms with E-state index in [-0.39, 0.29) is 17.0 Å². The number of aromatic hydroxyl groups is 1. The van der Waals surface area contributed by atoms with Crippen molar-refractivity contribution in [2.45, 2.75) is 20.8 Å². The van der Waals surface area contributed by atoms with E-state index >= 15 is 0 Å². The number of aryl methyl sites for hydroxylation is 2. The van der Waals surface area contributed by atoms with Crippen molar-refractivity contribution in [2.75, 3.05) is 5.43 Å². The molecule has 0 aliphatic carbocycles. The summed E-state index contributed by atoms with van der Waals surface area (Å²) in [6, 6.07) is 1.65. The van der Waals surface area contributed by atoms with E-state index in [1.54, 1.807) is 19.9 Å². The van der Waals surface area contributed by atoms with Gasteiger partial charge in [0.15, 0.2) is 0 Å². The molecule has 0 spiro atoms. The lowest BCUT2D eigenvalue weighted by Gasteiger charge is -2.06. The van der Waals surface area contributed by atoms with Gasteiger partial charge in [-0.05, 0) is 32.4 Å². The lowest BCUT2D eigenvalue weighted by Crippen LogP contribution is -1.99. The molecule has 0 unspecified atom stereocenters. The van der Waals surface area contributed by atoms with E-state index in [0.717, 1.165) is 5.69 Å². The van der Waals surface area contributed by atoms with E-state index in [1.165, 1.54) is 17.6 Å². The van der Waals surface area contributed by atoms with Crippen LogP contribution in [0, 0.1) is 30.9 Å². The molecule has 1 aromatic heterocycles. The smallest absolute Gasteiger partial charge is 0.314 e. The van der Waals surface area contributed by atoms with Gasteiger partial charge in [0, 0.05) is 16.5 Å². The van der Waals surface area contributed by atoms with E-state index in [0.29, 0.717) is 16.3 Å². The molecule has 2 N–H and O–H groups in total. The number of hydrazone groups is 1. The number of hydrogen-bond acceptors (Lipinski definition) is 7. The molecule has 7 nitrogen and oxygen atoms in total. The lowest BCUT2D eigenvalue weighted by molar-refractivity contribution is -0.386. The Kier molecular flexibility index (Phi) is 4.18. The van der Waals surface area contributed by atoms with Crippen LogP contribution in [0.25, 0.3) is 0 Å². The molecule has 0 aliphatic rings. The van der Waals surface area contributed by atoms with E-state index < -0.39 is 4.92 Å². The molecule has 0 fully saturated rings. The second-order valence-corrected chi connectivity index (χ2v) is 5.38. The highest BCUT2D eigenvalue weighted by Gasteiger charge is 2.21. The van der Waals surface area contributed by atoms with Gasteiger partial charge in [-0.1, -0.05) is 0 Å². The fourth-order valence-corrected chi connectivity index (χ4v) is 2.43. The van der Waals surface area contributed by atoms with Crippen LogP contribution < -0.4 is 5.43 Å². The number of phenolic OH excluding ortho intramolecular Hbond substituents is 1. The molecule has 110 valence electrons. The SMILES string of the molecule is Cc1csc(NN=Cc2cc(C)c(C)c([N+](=O)[O-])c2O)n1. The van der Waals surface area contributed by atoms with Gasteiger partial charge in [0.05, 0.1) is 16.8 Å². The number of nitrogens with zero attached hydrogens (tertiary/aromatic N) is 3. The average molecular weight is 306 g/mol.